The lowest BCUT2D eigenvalue weighted by molar-refractivity contribution is -0.139. The van der Waals surface area contributed by atoms with Crippen molar-refractivity contribution >= 4 is 24.1 Å². The van der Waals surface area contributed by atoms with Crippen LogP contribution in [-0.2, 0) is 14.1 Å². The molecular weight excluding hydrogens is 253 g/mol. The molecule has 0 spiro atoms. The van der Waals surface area contributed by atoms with Gasteiger partial charge in [0.05, 0.1) is 7.11 Å². The molecule has 88 valence electrons. The van der Waals surface area contributed by atoms with E-state index in [0.717, 1.165) is 0 Å². The lowest BCUT2D eigenvalue weighted by atomic mass is 10.3. The smallest absolute Gasteiger partial charge is 0.409 e. The van der Waals surface area contributed by atoms with Crippen molar-refractivity contribution in [3.05, 3.63) is 30.3 Å². The van der Waals surface area contributed by atoms with Gasteiger partial charge in [0.1, 0.15) is 12.3 Å². The molecule has 0 aliphatic heterocycles. The summed E-state index contributed by atoms with van der Waals surface area (Å²) in [6.07, 6.45) is 0. The maximum Gasteiger partial charge on any atom is 0.409 e. The SMILES string of the molecule is COC(=O)CN[P@@](=O)(Cl)Oc1ccccc1. The van der Waals surface area contributed by atoms with Crippen LogP contribution in [0.4, 0.5) is 0 Å². The Bertz CT molecular complexity index is 398. The van der Waals surface area contributed by atoms with Gasteiger partial charge in [-0.2, -0.15) is 0 Å². The minimum absolute atomic E-state index is 0.274. The number of benzene rings is 1. The van der Waals surface area contributed by atoms with Gasteiger partial charge in [-0.1, -0.05) is 18.2 Å². The number of para-hydroxylation sites is 1. The lowest BCUT2D eigenvalue weighted by Crippen LogP contribution is -2.21. The Morgan fingerprint density at radius 3 is 2.62 bits per heavy atom. The largest absolute Gasteiger partial charge is 0.468 e. The minimum Gasteiger partial charge on any atom is -0.468 e. The molecule has 0 aliphatic rings. The van der Waals surface area contributed by atoms with E-state index in [1.54, 1.807) is 30.3 Å². The molecule has 1 aromatic rings. The summed E-state index contributed by atoms with van der Waals surface area (Å²) in [5, 5.41) is 2.28. The zero-order valence-electron chi connectivity index (χ0n) is 8.55. The topological polar surface area (TPSA) is 64.6 Å². The second-order valence-corrected chi connectivity index (χ2v) is 5.59. The van der Waals surface area contributed by atoms with E-state index in [0.29, 0.717) is 5.75 Å². The number of esters is 1. The molecule has 16 heavy (non-hydrogen) atoms. The van der Waals surface area contributed by atoms with Gasteiger partial charge in [0.2, 0.25) is 0 Å². The summed E-state index contributed by atoms with van der Waals surface area (Å²) < 4.78 is 21.0. The van der Waals surface area contributed by atoms with Crippen LogP contribution >= 0.6 is 18.1 Å². The molecule has 1 N–H and O–H groups in total. The summed E-state index contributed by atoms with van der Waals surface area (Å²) in [5.41, 5.74) is 0. The van der Waals surface area contributed by atoms with Crippen molar-refractivity contribution in [1.29, 1.82) is 0 Å². The van der Waals surface area contributed by atoms with Gasteiger partial charge in [0, 0.05) is 11.2 Å². The van der Waals surface area contributed by atoms with Gasteiger partial charge in [-0.05, 0) is 12.1 Å². The number of rotatable bonds is 5. The summed E-state index contributed by atoms with van der Waals surface area (Å²) in [5.74, 6) is -0.212. The number of carbonyl (C=O) groups is 1. The maximum atomic E-state index is 11.6. The van der Waals surface area contributed by atoms with Gasteiger partial charge in [0.25, 0.3) is 0 Å². The summed E-state index contributed by atoms with van der Waals surface area (Å²) in [6.45, 7) is -3.83. The predicted molar refractivity (Wildman–Crippen MR) is 60.5 cm³/mol. The summed E-state index contributed by atoms with van der Waals surface area (Å²) in [6, 6.07) is 8.43. The Morgan fingerprint density at radius 2 is 2.06 bits per heavy atom. The van der Waals surface area contributed by atoms with Crippen molar-refractivity contribution in [3.8, 4) is 5.75 Å². The number of nitrogens with one attached hydrogen (secondary N) is 1. The van der Waals surface area contributed by atoms with Gasteiger partial charge >= 0.3 is 12.8 Å². The number of hydrogen-bond donors (Lipinski definition) is 1. The Labute approximate surface area is 98.0 Å². The molecule has 1 aromatic carbocycles. The van der Waals surface area contributed by atoms with Crippen molar-refractivity contribution in [2.45, 2.75) is 0 Å². The summed E-state index contributed by atoms with van der Waals surface area (Å²) >= 11 is 5.59. The molecule has 1 atom stereocenters. The van der Waals surface area contributed by atoms with Crippen LogP contribution in [0.15, 0.2) is 30.3 Å². The molecule has 0 saturated carbocycles. The second-order valence-electron chi connectivity index (χ2n) is 2.80. The molecule has 5 nitrogen and oxygen atoms in total. The van der Waals surface area contributed by atoms with Crippen molar-refractivity contribution < 1.29 is 18.6 Å². The standard InChI is InChI=1S/C9H11ClNO4P/c1-14-9(12)7-11-16(10,13)15-8-5-3-2-4-6-8/h2-6H,7H2,1H3,(H,11,13)/t16-/m1/s1. The molecule has 0 fully saturated rings. The number of carbonyl (C=O) groups excluding carboxylic acids is 1. The quantitative estimate of drug-likeness (QED) is 0.651. The van der Waals surface area contributed by atoms with Crippen molar-refractivity contribution in [2.24, 2.45) is 0 Å². The van der Waals surface area contributed by atoms with Crippen molar-refractivity contribution in [1.82, 2.24) is 5.09 Å². The van der Waals surface area contributed by atoms with E-state index in [-0.39, 0.29) is 6.54 Å². The Morgan fingerprint density at radius 1 is 1.44 bits per heavy atom. The molecule has 0 aliphatic carbocycles. The summed E-state index contributed by atoms with van der Waals surface area (Å²) in [4.78, 5) is 10.8. The number of ether oxygens (including phenoxy) is 1. The Hall–Kier alpha value is -1.03. The Balaban J connectivity index is 2.52. The predicted octanol–water partition coefficient (Wildman–Crippen LogP) is 2.17. The van der Waals surface area contributed by atoms with E-state index in [2.05, 4.69) is 9.82 Å². The van der Waals surface area contributed by atoms with E-state index in [4.69, 9.17) is 15.8 Å². The highest BCUT2D eigenvalue weighted by atomic mass is 35.7. The monoisotopic (exact) mass is 263 g/mol. The zero-order chi connectivity index (χ0) is 12.0. The van der Waals surface area contributed by atoms with E-state index >= 15 is 0 Å². The van der Waals surface area contributed by atoms with Crippen LogP contribution in [0.3, 0.4) is 0 Å². The van der Waals surface area contributed by atoms with Crippen LogP contribution in [0, 0.1) is 0 Å². The van der Waals surface area contributed by atoms with E-state index < -0.39 is 12.8 Å². The van der Waals surface area contributed by atoms with E-state index in [1.165, 1.54) is 7.11 Å². The average Bonchev–Trinajstić information content (AvgIpc) is 2.27. The molecule has 0 bridgehead atoms. The summed E-state index contributed by atoms with van der Waals surface area (Å²) in [7, 11) is 1.22. The first-order valence-electron chi connectivity index (χ1n) is 4.40. The molecule has 0 heterocycles. The fraction of sp³-hybridized carbons (Fsp3) is 0.222. The highest BCUT2D eigenvalue weighted by molar-refractivity contribution is 7.84. The van der Waals surface area contributed by atoms with E-state index in [9.17, 15) is 9.36 Å². The maximum absolute atomic E-state index is 11.6. The molecule has 7 heteroatoms. The Kier molecular flexibility index (Phi) is 4.80. The average molecular weight is 264 g/mol. The van der Waals surface area contributed by atoms with Crippen molar-refractivity contribution in [2.75, 3.05) is 13.7 Å². The molecule has 0 aromatic heterocycles. The van der Waals surface area contributed by atoms with Gasteiger partial charge in [-0.25, -0.2) is 9.65 Å². The first kappa shape index (κ1) is 13.0. The normalized spacial score (nSPS) is 13.9. The number of hydrogen-bond acceptors (Lipinski definition) is 4. The third kappa shape index (κ3) is 4.66. The van der Waals surface area contributed by atoms with Crippen LogP contribution in [-0.4, -0.2) is 19.6 Å². The second kappa shape index (κ2) is 5.89. The number of methoxy groups -OCH3 is 1. The molecule has 0 radical (unpaired) electrons. The van der Waals surface area contributed by atoms with Gasteiger partial charge in [-0.15, -0.1) is 0 Å². The molecule has 0 saturated heterocycles. The van der Waals surface area contributed by atoms with Crippen LogP contribution in [0.25, 0.3) is 0 Å². The third-order valence-corrected chi connectivity index (χ3v) is 3.15. The highest BCUT2D eigenvalue weighted by Crippen LogP contribution is 2.47. The first-order chi connectivity index (χ1) is 7.53. The fourth-order valence-corrected chi connectivity index (χ4v) is 2.07. The van der Waals surface area contributed by atoms with Crippen LogP contribution < -0.4 is 9.61 Å². The van der Waals surface area contributed by atoms with Gasteiger partial charge < -0.3 is 9.26 Å². The zero-order valence-corrected chi connectivity index (χ0v) is 10.2. The molecule has 0 unspecified atom stereocenters. The molecular formula is C9H11ClNO4P. The number of halogens is 1. The highest BCUT2D eigenvalue weighted by Gasteiger charge is 2.21. The minimum atomic E-state index is -3.56. The van der Waals surface area contributed by atoms with E-state index in [1.807, 2.05) is 0 Å². The van der Waals surface area contributed by atoms with Crippen molar-refractivity contribution in [3.63, 3.8) is 0 Å². The fourth-order valence-electron chi connectivity index (χ4n) is 0.880. The third-order valence-electron chi connectivity index (χ3n) is 1.61. The molecule has 1 rings (SSSR count). The van der Waals surface area contributed by atoms with Crippen LogP contribution in [0.5, 0.6) is 5.75 Å². The van der Waals surface area contributed by atoms with Crippen LogP contribution in [0.1, 0.15) is 0 Å². The van der Waals surface area contributed by atoms with Gasteiger partial charge in [0.15, 0.2) is 0 Å². The lowest BCUT2D eigenvalue weighted by Gasteiger charge is -2.12. The van der Waals surface area contributed by atoms with Gasteiger partial charge in [-0.3, -0.25) is 4.79 Å². The van der Waals surface area contributed by atoms with Crippen LogP contribution in [0.2, 0.25) is 0 Å². The first-order valence-corrected chi connectivity index (χ1v) is 6.93. The molecule has 0 amide bonds.